The molecule has 2 aliphatic heterocycles. The van der Waals surface area contributed by atoms with E-state index >= 15 is 0 Å². The largest absolute Gasteiger partial charge is 0.486 e. The Morgan fingerprint density at radius 3 is 2.56 bits per heavy atom. The van der Waals surface area contributed by atoms with Gasteiger partial charge in [0.05, 0.1) is 0 Å². The van der Waals surface area contributed by atoms with Gasteiger partial charge in [0.1, 0.15) is 13.2 Å². The summed E-state index contributed by atoms with van der Waals surface area (Å²) in [6, 6.07) is 6.28. The topological polar surface area (TPSA) is 56.5 Å². The summed E-state index contributed by atoms with van der Waals surface area (Å²) >= 11 is 0. The smallest absolute Gasteiger partial charge is 0.161 e. The molecule has 0 unspecified atom stereocenters. The summed E-state index contributed by atoms with van der Waals surface area (Å²) in [4.78, 5) is 0. The van der Waals surface area contributed by atoms with Crippen LogP contribution in [0, 0.1) is 0 Å². The summed E-state index contributed by atoms with van der Waals surface area (Å²) in [5.74, 6) is 1.72. The minimum absolute atomic E-state index is 0.0983. The lowest BCUT2D eigenvalue weighted by Crippen LogP contribution is -2.44. The van der Waals surface area contributed by atoms with Gasteiger partial charge in [-0.3, -0.25) is 0 Å². The second-order valence-electron chi connectivity index (χ2n) is 5.09. The normalized spacial score (nSPS) is 21.6. The van der Waals surface area contributed by atoms with E-state index in [-0.39, 0.29) is 5.41 Å². The van der Waals surface area contributed by atoms with E-state index in [1.165, 1.54) is 5.56 Å². The Morgan fingerprint density at radius 1 is 1.11 bits per heavy atom. The zero-order chi connectivity index (χ0) is 12.4. The molecule has 2 aliphatic rings. The van der Waals surface area contributed by atoms with Crippen molar-refractivity contribution in [1.82, 2.24) is 5.32 Å². The molecule has 0 spiro atoms. The molecule has 1 saturated heterocycles. The molecular weight excluding hydrogens is 228 g/mol. The number of ether oxygens (including phenoxy) is 2. The molecule has 0 aromatic heterocycles. The first kappa shape index (κ1) is 11.8. The summed E-state index contributed by atoms with van der Waals surface area (Å²) in [5, 5.41) is 3.39. The van der Waals surface area contributed by atoms with Gasteiger partial charge in [-0.15, -0.1) is 0 Å². The zero-order valence-corrected chi connectivity index (χ0v) is 10.6. The van der Waals surface area contributed by atoms with E-state index in [2.05, 4.69) is 17.4 Å². The Morgan fingerprint density at radius 2 is 1.83 bits per heavy atom. The van der Waals surface area contributed by atoms with Gasteiger partial charge in [-0.1, -0.05) is 6.07 Å². The molecule has 0 saturated carbocycles. The van der Waals surface area contributed by atoms with E-state index in [9.17, 15) is 0 Å². The quantitative estimate of drug-likeness (QED) is 0.821. The maximum Gasteiger partial charge on any atom is 0.161 e. The highest BCUT2D eigenvalue weighted by Gasteiger charge is 2.33. The van der Waals surface area contributed by atoms with E-state index in [1.807, 2.05) is 6.07 Å². The molecule has 4 nitrogen and oxygen atoms in total. The van der Waals surface area contributed by atoms with Gasteiger partial charge in [0.25, 0.3) is 0 Å². The SMILES string of the molecule is NCC1(c2ccc3c(c2)OCCO3)CCNCC1. The average molecular weight is 248 g/mol. The molecule has 1 aromatic rings. The Kier molecular flexibility index (Phi) is 3.14. The molecule has 3 rings (SSSR count). The molecule has 4 heteroatoms. The van der Waals surface area contributed by atoms with Crippen LogP contribution in [0.4, 0.5) is 0 Å². The predicted molar refractivity (Wildman–Crippen MR) is 70.3 cm³/mol. The molecule has 18 heavy (non-hydrogen) atoms. The number of fused-ring (bicyclic) bond motifs is 1. The summed E-state index contributed by atoms with van der Waals surface area (Å²) < 4.78 is 11.2. The number of hydrogen-bond acceptors (Lipinski definition) is 4. The van der Waals surface area contributed by atoms with Gasteiger partial charge >= 0.3 is 0 Å². The fourth-order valence-corrected chi connectivity index (χ4v) is 2.89. The molecule has 0 bridgehead atoms. The van der Waals surface area contributed by atoms with E-state index in [4.69, 9.17) is 15.2 Å². The van der Waals surface area contributed by atoms with Crippen molar-refractivity contribution in [2.45, 2.75) is 18.3 Å². The Balaban J connectivity index is 1.94. The van der Waals surface area contributed by atoms with Gasteiger partial charge < -0.3 is 20.5 Å². The minimum atomic E-state index is 0.0983. The van der Waals surface area contributed by atoms with Gasteiger partial charge in [-0.25, -0.2) is 0 Å². The molecule has 0 amide bonds. The number of rotatable bonds is 2. The van der Waals surface area contributed by atoms with Crippen molar-refractivity contribution < 1.29 is 9.47 Å². The van der Waals surface area contributed by atoms with Crippen molar-refractivity contribution in [3.8, 4) is 11.5 Å². The third-order valence-electron chi connectivity index (χ3n) is 4.11. The second-order valence-corrected chi connectivity index (χ2v) is 5.09. The Bertz CT molecular complexity index is 428. The van der Waals surface area contributed by atoms with Crippen molar-refractivity contribution in [1.29, 1.82) is 0 Å². The van der Waals surface area contributed by atoms with Crippen LogP contribution in [0.15, 0.2) is 18.2 Å². The van der Waals surface area contributed by atoms with E-state index < -0.39 is 0 Å². The molecule has 98 valence electrons. The van der Waals surface area contributed by atoms with Crippen LogP contribution in [-0.4, -0.2) is 32.8 Å². The maximum atomic E-state index is 6.05. The predicted octanol–water partition coefficient (Wildman–Crippen LogP) is 1.04. The Labute approximate surface area is 107 Å². The second kappa shape index (κ2) is 4.78. The average Bonchev–Trinajstić information content (AvgIpc) is 2.47. The molecule has 3 N–H and O–H groups in total. The zero-order valence-electron chi connectivity index (χ0n) is 10.6. The molecule has 0 aliphatic carbocycles. The lowest BCUT2D eigenvalue weighted by Gasteiger charge is -2.37. The van der Waals surface area contributed by atoms with Crippen molar-refractivity contribution in [2.24, 2.45) is 5.73 Å². The number of piperidine rings is 1. The summed E-state index contributed by atoms with van der Waals surface area (Å²) in [7, 11) is 0. The van der Waals surface area contributed by atoms with Gasteiger partial charge in [0.2, 0.25) is 0 Å². The van der Waals surface area contributed by atoms with Crippen LogP contribution < -0.4 is 20.5 Å². The number of hydrogen-bond donors (Lipinski definition) is 2. The summed E-state index contributed by atoms with van der Waals surface area (Å²) in [6.07, 6.45) is 2.17. The van der Waals surface area contributed by atoms with Crippen LogP contribution in [0.1, 0.15) is 18.4 Å². The van der Waals surface area contributed by atoms with Crippen molar-refractivity contribution in [2.75, 3.05) is 32.8 Å². The molecule has 1 aromatic carbocycles. The van der Waals surface area contributed by atoms with Crippen LogP contribution in [-0.2, 0) is 5.41 Å². The first-order chi connectivity index (χ1) is 8.84. The lowest BCUT2D eigenvalue weighted by atomic mass is 9.73. The Hall–Kier alpha value is -1.26. The highest BCUT2D eigenvalue weighted by molar-refractivity contribution is 5.46. The van der Waals surface area contributed by atoms with Crippen LogP contribution in [0.3, 0.4) is 0 Å². The van der Waals surface area contributed by atoms with Crippen LogP contribution >= 0.6 is 0 Å². The number of nitrogens with two attached hydrogens (primary N) is 1. The number of nitrogens with one attached hydrogen (secondary N) is 1. The van der Waals surface area contributed by atoms with E-state index in [1.54, 1.807) is 0 Å². The van der Waals surface area contributed by atoms with E-state index in [0.717, 1.165) is 37.4 Å². The highest BCUT2D eigenvalue weighted by Crippen LogP contribution is 2.38. The van der Waals surface area contributed by atoms with Crippen LogP contribution in [0.25, 0.3) is 0 Å². The van der Waals surface area contributed by atoms with Gasteiger partial charge in [-0.05, 0) is 43.6 Å². The lowest BCUT2D eigenvalue weighted by molar-refractivity contribution is 0.170. The van der Waals surface area contributed by atoms with E-state index in [0.29, 0.717) is 19.8 Å². The van der Waals surface area contributed by atoms with Gasteiger partial charge in [-0.2, -0.15) is 0 Å². The van der Waals surface area contributed by atoms with Crippen LogP contribution in [0.5, 0.6) is 11.5 Å². The fourth-order valence-electron chi connectivity index (χ4n) is 2.89. The van der Waals surface area contributed by atoms with Crippen LogP contribution in [0.2, 0.25) is 0 Å². The van der Waals surface area contributed by atoms with Gasteiger partial charge in [0, 0.05) is 12.0 Å². The fraction of sp³-hybridized carbons (Fsp3) is 0.571. The maximum absolute atomic E-state index is 6.05. The molecule has 1 fully saturated rings. The van der Waals surface area contributed by atoms with Crippen molar-refractivity contribution in [3.05, 3.63) is 23.8 Å². The summed E-state index contributed by atoms with van der Waals surface area (Å²) in [6.45, 7) is 4.03. The monoisotopic (exact) mass is 248 g/mol. The molecule has 0 atom stereocenters. The first-order valence-electron chi connectivity index (χ1n) is 6.65. The third kappa shape index (κ3) is 1.95. The van der Waals surface area contributed by atoms with Crippen molar-refractivity contribution in [3.63, 3.8) is 0 Å². The molecule has 2 heterocycles. The standard InChI is InChI=1S/C14H20N2O2/c15-10-14(3-5-16-6-4-14)11-1-2-12-13(9-11)18-8-7-17-12/h1-2,9,16H,3-8,10,15H2. The number of benzene rings is 1. The van der Waals surface area contributed by atoms with Crippen molar-refractivity contribution >= 4 is 0 Å². The first-order valence-corrected chi connectivity index (χ1v) is 6.65. The minimum Gasteiger partial charge on any atom is -0.486 e. The third-order valence-corrected chi connectivity index (χ3v) is 4.11. The molecule has 0 radical (unpaired) electrons. The van der Waals surface area contributed by atoms with Gasteiger partial charge in [0.15, 0.2) is 11.5 Å². The highest BCUT2D eigenvalue weighted by atomic mass is 16.6. The summed E-state index contributed by atoms with van der Waals surface area (Å²) in [5.41, 5.74) is 7.43. The molecular formula is C14H20N2O2.